The summed E-state index contributed by atoms with van der Waals surface area (Å²) in [6, 6.07) is 0. The fourth-order valence-corrected chi connectivity index (χ4v) is 1.91. The van der Waals surface area contributed by atoms with E-state index in [0.717, 1.165) is 26.1 Å². The molecule has 6 nitrogen and oxygen atoms in total. The minimum absolute atomic E-state index is 0.00702. The lowest BCUT2D eigenvalue weighted by Gasteiger charge is -2.21. The van der Waals surface area contributed by atoms with Gasteiger partial charge in [-0.05, 0) is 13.0 Å². The van der Waals surface area contributed by atoms with Crippen LogP contribution in [0.2, 0.25) is 0 Å². The van der Waals surface area contributed by atoms with Crippen molar-refractivity contribution in [1.82, 2.24) is 9.80 Å². The van der Waals surface area contributed by atoms with Crippen LogP contribution in [0.4, 0.5) is 0 Å². The van der Waals surface area contributed by atoms with Crippen LogP contribution >= 0.6 is 0 Å². The fraction of sp³-hybridized carbons (Fsp3) is 0.818. The number of carbonyl (C=O) groups is 2. The number of carboxylic acid groups (broad SMARTS) is 1. The van der Waals surface area contributed by atoms with Gasteiger partial charge in [-0.2, -0.15) is 0 Å². The summed E-state index contributed by atoms with van der Waals surface area (Å²) in [7, 11) is 1.51. The average molecular weight is 244 g/mol. The normalized spacial score (nSPS) is 17.8. The van der Waals surface area contributed by atoms with Gasteiger partial charge in [0.1, 0.15) is 6.61 Å². The van der Waals surface area contributed by atoms with Crippen LogP contribution < -0.4 is 0 Å². The van der Waals surface area contributed by atoms with Gasteiger partial charge in [0, 0.05) is 33.3 Å². The standard InChI is InChI=1S/C11H20N2O4/c1-17-9-10(14)13-5-2-4-12(7-8-13)6-3-11(15)16/h2-9H2,1H3,(H,15,16). The summed E-state index contributed by atoms with van der Waals surface area (Å²) in [6.07, 6.45) is 1.04. The lowest BCUT2D eigenvalue weighted by Crippen LogP contribution is -2.37. The molecule has 1 N–H and O–H groups in total. The van der Waals surface area contributed by atoms with E-state index in [2.05, 4.69) is 4.90 Å². The van der Waals surface area contributed by atoms with Crippen molar-refractivity contribution in [3.05, 3.63) is 0 Å². The van der Waals surface area contributed by atoms with Gasteiger partial charge < -0.3 is 19.6 Å². The number of methoxy groups -OCH3 is 1. The van der Waals surface area contributed by atoms with Gasteiger partial charge in [0.25, 0.3) is 0 Å². The third-order valence-corrected chi connectivity index (χ3v) is 2.85. The highest BCUT2D eigenvalue weighted by Gasteiger charge is 2.18. The molecule has 1 rings (SSSR count). The van der Waals surface area contributed by atoms with E-state index in [1.165, 1.54) is 7.11 Å². The molecule has 6 heteroatoms. The zero-order chi connectivity index (χ0) is 12.7. The third-order valence-electron chi connectivity index (χ3n) is 2.85. The summed E-state index contributed by atoms with van der Waals surface area (Å²) in [6.45, 7) is 3.65. The summed E-state index contributed by atoms with van der Waals surface area (Å²) >= 11 is 0. The van der Waals surface area contributed by atoms with Crippen molar-refractivity contribution in [3.63, 3.8) is 0 Å². The van der Waals surface area contributed by atoms with Crippen molar-refractivity contribution in [3.8, 4) is 0 Å². The van der Waals surface area contributed by atoms with Crippen LogP contribution in [0.25, 0.3) is 0 Å². The molecule has 98 valence electrons. The number of hydrogen-bond donors (Lipinski definition) is 1. The Morgan fingerprint density at radius 3 is 2.65 bits per heavy atom. The zero-order valence-electron chi connectivity index (χ0n) is 10.2. The van der Waals surface area contributed by atoms with Crippen LogP contribution in [0.15, 0.2) is 0 Å². The van der Waals surface area contributed by atoms with E-state index in [1.54, 1.807) is 4.90 Å². The lowest BCUT2D eigenvalue weighted by molar-refractivity contribution is -0.137. The second-order valence-electron chi connectivity index (χ2n) is 4.15. The molecule has 0 bridgehead atoms. The molecule has 1 aliphatic heterocycles. The Balaban J connectivity index is 2.33. The smallest absolute Gasteiger partial charge is 0.304 e. The first-order chi connectivity index (χ1) is 8.13. The minimum Gasteiger partial charge on any atom is -0.481 e. The highest BCUT2D eigenvalue weighted by Crippen LogP contribution is 2.04. The maximum Gasteiger partial charge on any atom is 0.304 e. The number of ether oxygens (including phenoxy) is 1. The Kier molecular flexibility index (Phi) is 5.93. The number of carboxylic acids is 1. The Hall–Kier alpha value is -1.14. The highest BCUT2D eigenvalue weighted by molar-refractivity contribution is 5.77. The molecule has 0 aromatic carbocycles. The molecule has 0 atom stereocenters. The largest absolute Gasteiger partial charge is 0.481 e. The van der Waals surface area contributed by atoms with Crippen LogP contribution in [-0.4, -0.2) is 73.2 Å². The molecule has 17 heavy (non-hydrogen) atoms. The predicted molar refractivity (Wildman–Crippen MR) is 61.8 cm³/mol. The van der Waals surface area contributed by atoms with Gasteiger partial charge >= 0.3 is 5.97 Å². The van der Waals surface area contributed by atoms with Crippen LogP contribution in [0.5, 0.6) is 0 Å². The van der Waals surface area contributed by atoms with Crippen molar-refractivity contribution >= 4 is 11.9 Å². The quantitative estimate of drug-likeness (QED) is 0.715. The summed E-state index contributed by atoms with van der Waals surface area (Å²) in [5, 5.41) is 8.62. The van der Waals surface area contributed by atoms with E-state index in [0.29, 0.717) is 13.1 Å². The maximum absolute atomic E-state index is 11.6. The van der Waals surface area contributed by atoms with Gasteiger partial charge in [0.15, 0.2) is 0 Å². The fourth-order valence-electron chi connectivity index (χ4n) is 1.91. The van der Waals surface area contributed by atoms with Crippen LogP contribution in [-0.2, 0) is 14.3 Å². The first kappa shape index (κ1) is 13.9. The molecular weight excluding hydrogens is 224 g/mol. The van der Waals surface area contributed by atoms with E-state index in [9.17, 15) is 9.59 Å². The van der Waals surface area contributed by atoms with Gasteiger partial charge in [0.2, 0.25) is 5.91 Å². The number of hydrogen-bond acceptors (Lipinski definition) is 4. The number of amides is 1. The van der Waals surface area contributed by atoms with Crippen molar-refractivity contribution in [2.45, 2.75) is 12.8 Å². The topological polar surface area (TPSA) is 70.1 Å². The van der Waals surface area contributed by atoms with Crippen molar-refractivity contribution in [2.75, 3.05) is 46.4 Å². The number of carbonyl (C=O) groups excluding carboxylic acids is 1. The second kappa shape index (κ2) is 7.24. The summed E-state index contributed by atoms with van der Waals surface area (Å²) in [5.41, 5.74) is 0. The highest BCUT2D eigenvalue weighted by atomic mass is 16.5. The Labute approximate surface area is 101 Å². The van der Waals surface area contributed by atoms with Crippen molar-refractivity contribution in [1.29, 1.82) is 0 Å². The van der Waals surface area contributed by atoms with Gasteiger partial charge in [0.05, 0.1) is 6.42 Å². The molecule has 1 amide bonds. The zero-order valence-corrected chi connectivity index (χ0v) is 10.2. The SMILES string of the molecule is COCC(=O)N1CCCN(CCC(=O)O)CC1. The summed E-state index contributed by atoms with van der Waals surface area (Å²) in [5.74, 6) is -0.769. The number of nitrogens with zero attached hydrogens (tertiary/aromatic N) is 2. The van der Waals surface area contributed by atoms with E-state index >= 15 is 0 Å². The van der Waals surface area contributed by atoms with E-state index < -0.39 is 5.97 Å². The number of rotatable bonds is 5. The third kappa shape index (κ3) is 5.14. The van der Waals surface area contributed by atoms with Gasteiger partial charge in [-0.25, -0.2) is 0 Å². The molecule has 0 unspecified atom stereocenters. The molecule has 1 saturated heterocycles. The van der Waals surface area contributed by atoms with Gasteiger partial charge in [-0.1, -0.05) is 0 Å². The van der Waals surface area contributed by atoms with Crippen molar-refractivity contribution in [2.24, 2.45) is 0 Å². The van der Waals surface area contributed by atoms with E-state index in [1.807, 2.05) is 0 Å². The molecule has 0 saturated carbocycles. The molecule has 1 heterocycles. The summed E-state index contributed by atoms with van der Waals surface area (Å²) in [4.78, 5) is 26.0. The Morgan fingerprint density at radius 1 is 1.24 bits per heavy atom. The molecule has 0 aromatic rings. The molecule has 0 spiro atoms. The van der Waals surface area contributed by atoms with E-state index in [4.69, 9.17) is 9.84 Å². The van der Waals surface area contributed by atoms with Crippen LogP contribution in [0.3, 0.4) is 0 Å². The van der Waals surface area contributed by atoms with Crippen LogP contribution in [0.1, 0.15) is 12.8 Å². The molecule has 0 radical (unpaired) electrons. The molecular formula is C11H20N2O4. The van der Waals surface area contributed by atoms with Crippen LogP contribution in [0, 0.1) is 0 Å². The molecule has 0 aliphatic carbocycles. The number of aliphatic carboxylic acids is 1. The van der Waals surface area contributed by atoms with Crippen molar-refractivity contribution < 1.29 is 19.4 Å². The molecule has 0 aromatic heterocycles. The Bertz CT molecular complexity index is 270. The summed E-state index contributed by atoms with van der Waals surface area (Å²) < 4.78 is 4.82. The second-order valence-corrected chi connectivity index (χ2v) is 4.15. The van der Waals surface area contributed by atoms with Gasteiger partial charge in [-0.15, -0.1) is 0 Å². The Morgan fingerprint density at radius 2 is 2.00 bits per heavy atom. The minimum atomic E-state index is -0.776. The molecule has 1 aliphatic rings. The van der Waals surface area contributed by atoms with Gasteiger partial charge in [-0.3, -0.25) is 9.59 Å². The monoisotopic (exact) mass is 244 g/mol. The van der Waals surface area contributed by atoms with E-state index in [-0.39, 0.29) is 18.9 Å². The molecule has 1 fully saturated rings. The average Bonchev–Trinajstić information content (AvgIpc) is 2.52. The maximum atomic E-state index is 11.6. The predicted octanol–water partition coefficient (Wildman–Crippen LogP) is -0.358. The lowest BCUT2D eigenvalue weighted by atomic mass is 10.3. The first-order valence-corrected chi connectivity index (χ1v) is 5.84. The first-order valence-electron chi connectivity index (χ1n) is 5.84.